The second-order valence-electron chi connectivity index (χ2n) is 5.32. The van der Waals surface area contributed by atoms with E-state index >= 15 is 0 Å². The molecule has 0 aliphatic heterocycles. The first-order valence-corrected chi connectivity index (χ1v) is 8.08. The van der Waals surface area contributed by atoms with Crippen LogP contribution < -0.4 is 10.1 Å². The maximum atomic E-state index is 11.3. The number of nitrogens with zero attached hydrogens (tertiary/aromatic N) is 3. The largest absolute Gasteiger partial charge is 0.472 e. The Kier molecular flexibility index (Phi) is 5.43. The zero-order valence-electron chi connectivity index (χ0n) is 14.4. The third-order valence-electron chi connectivity index (χ3n) is 3.54. The van der Waals surface area contributed by atoms with Crippen LogP contribution in [0.5, 0.6) is 5.88 Å². The van der Waals surface area contributed by atoms with Crippen molar-refractivity contribution < 1.29 is 18.8 Å². The number of rotatable bonds is 6. The Balaban J connectivity index is 1.66. The molecule has 0 atom stereocenters. The van der Waals surface area contributed by atoms with E-state index in [0.717, 1.165) is 16.8 Å². The highest BCUT2D eigenvalue weighted by Crippen LogP contribution is 2.26. The lowest BCUT2D eigenvalue weighted by Gasteiger charge is -2.07. The van der Waals surface area contributed by atoms with Gasteiger partial charge < -0.3 is 14.0 Å². The van der Waals surface area contributed by atoms with Gasteiger partial charge in [-0.1, -0.05) is 35.5 Å². The van der Waals surface area contributed by atoms with Gasteiger partial charge in [-0.05, 0) is 19.9 Å². The van der Waals surface area contributed by atoms with Gasteiger partial charge in [-0.25, -0.2) is 4.79 Å². The number of anilines is 1. The van der Waals surface area contributed by atoms with E-state index in [1.54, 1.807) is 19.1 Å². The van der Waals surface area contributed by atoms with E-state index in [1.807, 2.05) is 37.3 Å². The second kappa shape index (κ2) is 8.11. The summed E-state index contributed by atoms with van der Waals surface area (Å²) in [7, 11) is 0. The summed E-state index contributed by atoms with van der Waals surface area (Å²) >= 11 is 0. The third kappa shape index (κ3) is 4.15. The van der Waals surface area contributed by atoms with Crippen molar-refractivity contribution in [3.05, 3.63) is 53.8 Å². The second-order valence-corrected chi connectivity index (χ2v) is 5.32. The molecule has 26 heavy (non-hydrogen) atoms. The molecule has 1 aromatic carbocycles. The van der Waals surface area contributed by atoms with Crippen LogP contribution in [0.1, 0.15) is 18.2 Å². The first-order chi connectivity index (χ1) is 12.7. The number of hydrogen-bond donors (Lipinski definition) is 1. The SMILES string of the molecule is CCOC(=O)Nc1ccc(OCc2c(-c3ccccc3)noc2C)nn1. The number of hydrogen-bond acceptors (Lipinski definition) is 7. The van der Waals surface area contributed by atoms with Crippen LogP contribution in [-0.4, -0.2) is 28.1 Å². The third-order valence-corrected chi connectivity index (χ3v) is 3.54. The maximum Gasteiger partial charge on any atom is 0.412 e. The topological polar surface area (TPSA) is 99.4 Å². The van der Waals surface area contributed by atoms with Crippen LogP contribution in [0.15, 0.2) is 47.0 Å². The highest BCUT2D eigenvalue weighted by Gasteiger charge is 2.15. The molecule has 2 heterocycles. The molecule has 0 aliphatic carbocycles. The van der Waals surface area contributed by atoms with E-state index in [1.165, 1.54) is 0 Å². The summed E-state index contributed by atoms with van der Waals surface area (Å²) in [4.78, 5) is 11.3. The molecule has 0 aliphatic rings. The molecule has 3 aromatic rings. The van der Waals surface area contributed by atoms with Crippen molar-refractivity contribution in [1.82, 2.24) is 15.4 Å². The molecule has 0 spiro atoms. The fourth-order valence-electron chi connectivity index (χ4n) is 2.27. The molecule has 0 unspecified atom stereocenters. The summed E-state index contributed by atoms with van der Waals surface area (Å²) in [5.74, 6) is 1.28. The zero-order valence-corrected chi connectivity index (χ0v) is 14.4. The van der Waals surface area contributed by atoms with Crippen molar-refractivity contribution in [3.8, 4) is 17.1 Å². The summed E-state index contributed by atoms with van der Waals surface area (Å²) in [5, 5.41) is 14.4. The summed E-state index contributed by atoms with van der Waals surface area (Å²) in [6.45, 7) is 4.07. The molecule has 0 radical (unpaired) electrons. The molecule has 0 saturated heterocycles. The Morgan fingerprint density at radius 1 is 1.15 bits per heavy atom. The van der Waals surface area contributed by atoms with Gasteiger partial charge in [0.2, 0.25) is 5.88 Å². The quantitative estimate of drug-likeness (QED) is 0.722. The van der Waals surface area contributed by atoms with Crippen LogP contribution in [0.4, 0.5) is 10.6 Å². The Morgan fingerprint density at radius 3 is 2.65 bits per heavy atom. The lowest BCUT2D eigenvalue weighted by molar-refractivity contribution is 0.167. The van der Waals surface area contributed by atoms with Gasteiger partial charge in [-0.15, -0.1) is 10.2 Å². The van der Waals surface area contributed by atoms with Gasteiger partial charge in [0.05, 0.1) is 12.2 Å². The van der Waals surface area contributed by atoms with E-state index < -0.39 is 6.09 Å². The molecular weight excluding hydrogens is 336 g/mol. The number of ether oxygens (including phenoxy) is 2. The van der Waals surface area contributed by atoms with Crippen LogP contribution in [0.2, 0.25) is 0 Å². The van der Waals surface area contributed by atoms with Gasteiger partial charge in [-0.3, -0.25) is 5.32 Å². The van der Waals surface area contributed by atoms with Gasteiger partial charge in [0, 0.05) is 11.6 Å². The molecule has 8 nitrogen and oxygen atoms in total. The Labute approximate surface area is 150 Å². The van der Waals surface area contributed by atoms with Gasteiger partial charge in [0.15, 0.2) is 5.82 Å². The highest BCUT2D eigenvalue weighted by atomic mass is 16.5. The normalized spacial score (nSPS) is 10.4. The average Bonchev–Trinajstić information content (AvgIpc) is 3.03. The molecule has 134 valence electrons. The van der Waals surface area contributed by atoms with Crippen molar-refractivity contribution in [3.63, 3.8) is 0 Å². The molecule has 0 bridgehead atoms. The van der Waals surface area contributed by atoms with Crippen molar-refractivity contribution in [2.45, 2.75) is 20.5 Å². The molecule has 3 rings (SSSR count). The lowest BCUT2D eigenvalue weighted by atomic mass is 10.1. The maximum absolute atomic E-state index is 11.3. The van der Waals surface area contributed by atoms with Gasteiger partial charge in [0.25, 0.3) is 0 Å². The minimum atomic E-state index is -0.580. The Hall–Kier alpha value is -3.42. The Morgan fingerprint density at radius 2 is 1.96 bits per heavy atom. The van der Waals surface area contributed by atoms with Crippen LogP contribution in [0, 0.1) is 6.92 Å². The van der Waals surface area contributed by atoms with Crippen LogP contribution in [0.3, 0.4) is 0 Å². The fraction of sp³-hybridized carbons (Fsp3) is 0.222. The van der Waals surface area contributed by atoms with Crippen LogP contribution >= 0.6 is 0 Å². The number of aromatic nitrogens is 3. The van der Waals surface area contributed by atoms with Crippen LogP contribution in [-0.2, 0) is 11.3 Å². The van der Waals surface area contributed by atoms with Gasteiger partial charge >= 0.3 is 6.09 Å². The van der Waals surface area contributed by atoms with Gasteiger partial charge in [0.1, 0.15) is 18.1 Å². The summed E-state index contributed by atoms with van der Waals surface area (Å²) in [5.41, 5.74) is 2.52. The number of amides is 1. The van der Waals surface area contributed by atoms with Crippen molar-refractivity contribution in [2.24, 2.45) is 0 Å². The first-order valence-electron chi connectivity index (χ1n) is 8.08. The monoisotopic (exact) mass is 354 g/mol. The predicted octanol–water partition coefficient (Wildman–Crippen LogP) is 3.59. The molecule has 0 saturated carbocycles. The van der Waals surface area contributed by atoms with E-state index in [4.69, 9.17) is 14.0 Å². The van der Waals surface area contributed by atoms with Crippen LogP contribution in [0.25, 0.3) is 11.3 Å². The lowest BCUT2D eigenvalue weighted by Crippen LogP contribution is -2.14. The average molecular weight is 354 g/mol. The zero-order chi connectivity index (χ0) is 18.4. The molecular formula is C18H18N4O4. The predicted molar refractivity (Wildman–Crippen MR) is 93.7 cm³/mol. The first kappa shape index (κ1) is 17.4. The minimum Gasteiger partial charge on any atom is -0.472 e. The van der Waals surface area contributed by atoms with E-state index in [2.05, 4.69) is 20.7 Å². The standard InChI is InChI=1S/C18H18N4O4/c1-3-24-18(23)19-15-9-10-16(21-20-15)25-11-14-12(2)26-22-17(14)13-7-5-4-6-8-13/h4-10H,3,11H2,1-2H3,(H,19,20,23). The van der Waals surface area contributed by atoms with E-state index in [9.17, 15) is 4.79 Å². The highest BCUT2D eigenvalue weighted by molar-refractivity contribution is 5.83. The molecule has 1 amide bonds. The van der Waals surface area contributed by atoms with Crippen molar-refractivity contribution in [2.75, 3.05) is 11.9 Å². The Bertz CT molecular complexity index is 863. The number of aryl methyl sites for hydroxylation is 1. The molecule has 0 fully saturated rings. The number of nitrogens with one attached hydrogen (secondary N) is 1. The summed E-state index contributed by atoms with van der Waals surface area (Å²) < 4.78 is 15.8. The number of benzene rings is 1. The fourth-order valence-corrected chi connectivity index (χ4v) is 2.27. The van der Waals surface area contributed by atoms with E-state index in [-0.39, 0.29) is 19.0 Å². The number of carbonyl (C=O) groups excluding carboxylic acids is 1. The van der Waals surface area contributed by atoms with Crippen molar-refractivity contribution in [1.29, 1.82) is 0 Å². The van der Waals surface area contributed by atoms with Crippen molar-refractivity contribution >= 4 is 11.9 Å². The van der Waals surface area contributed by atoms with Gasteiger partial charge in [-0.2, -0.15) is 0 Å². The molecule has 2 aromatic heterocycles. The number of carbonyl (C=O) groups is 1. The summed E-state index contributed by atoms with van der Waals surface area (Å²) in [6.07, 6.45) is -0.580. The smallest absolute Gasteiger partial charge is 0.412 e. The minimum absolute atomic E-state index is 0.235. The van der Waals surface area contributed by atoms with E-state index in [0.29, 0.717) is 11.6 Å². The molecule has 8 heteroatoms. The molecule has 1 N–H and O–H groups in total. The summed E-state index contributed by atoms with van der Waals surface area (Å²) in [6, 6.07) is 12.9.